The van der Waals surface area contributed by atoms with Gasteiger partial charge in [0.2, 0.25) is 0 Å². The molecule has 3 aromatic carbocycles. The van der Waals surface area contributed by atoms with Gasteiger partial charge in [-0.05, 0) is 36.8 Å². The molecule has 0 aliphatic carbocycles. The molecule has 1 amide bonds. The molecule has 1 aliphatic heterocycles. The average molecular weight is 511 g/mol. The van der Waals surface area contributed by atoms with Gasteiger partial charge >= 0.3 is 0 Å². The van der Waals surface area contributed by atoms with Gasteiger partial charge in [-0.2, -0.15) is 0 Å². The molecule has 0 unspecified atom stereocenters. The van der Waals surface area contributed by atoms with Crippen molar-refractivity contribution < 1.29 is 19.6 Å². The maximum Gasteiger partial charge on any atom is 0.300 e. The number of non-ortho nitro benzene ring substituents is 1. The number of aliphatic hydroxyl groups excluding tert-OH is 1. The van der Waals surface area contributed by atoms with Gasteiger partial charge in [-0.1, -0.05) is 48.5 Å². The van der Waals surface area contributed by atoms with Crippen LogP contribution in [0.5, 0.6) is 0 Å². The standard InChI is InChI=1S/C28H22N4O6/c1-17-23(27(35)31(29(17)2)20-11-7-4-8-12-20)30-24(18-13-15-21(16-14-18)32(37)38)22(26(34)28(30)36)25(33)19-9-5-3-6-10-19/h3-16,24,33H,1-2H3/t24-/m1/s1. The van der Waals surface area contributed by atoms with Gasteiger partial charge in [-0.25, -0.2) is 4.68 Å². The van der Waals surface area contributed by atoms with Crippen molar-refractivity contribution in [1.82, 2.24) is 9.36 Å². The number of nitrogens with zero attached hydrogens (tertiary/aromatic N) is 4. The van der Waals surface area contributed by atoms with Gasteiger partial charge in [0.15, 0.2) is 0 Å². The molecule has 0 bridgehead atoms. The molecule has 1 N–H and O–H groups in total. The molecule has 1 saturated heterocycles. The number of carbonyl (C=O) groups is 2. The topological polar surface area (TPSA) is 128 Å². The molecule has 1 aromatic heterocycles. The van der Waals surface area contributed by atoms with E-state index in [0.29, 0.717) is 22.5 Å². The highest BCUT2D eigenvalue weighted by atomic mass is 16.6. The van der Waals surface area contributed by atoms with Crippen molar-refractivity contribution in [2.45, 2.75) is 13.0 Å². The van der Waals surface area contributed by atoms with Crippen LogP contribution >= 0.6 is 0 Å². The van der Waals surface area contributed by atoms with Crippen molar-refractivity contribution >= 4 is 28.8 Å². The van der Waals surface area contributed by atoms with E-state index in [2.05, 4.69) is 0 Å². The minimum atomic E-state index is -1.20. The number of hydrogen-bond donors (Lipinski definition) is 1. The molecular formula is C28H22N4O6. The van der Waals surface area contributed by atoms with Gasteiger partial charge in [0.1, 0.15) is 11.4 Å². The lowest BCUT2D eigenvalue weighted by atomic mass is 9.95. The van der Waals surface area contributed by atoms with E-state index < -0.39 is 34.0 Å². The Labute approximate surface area is 216 Å². The Morgan fingerprint density at radius 2 is 1.47 bits per heavy atom. The van der Waals surface area contributed by atoms with Crippen LogP contribution in [0.25, 0.3) is 11.4 Å². The Hall–Kier alpha value is -5.25. The molecule has 1 fully saturated rings. The van der Waals surface area contributed by atoms with Gasteiger partial charge in [0.25, 0.3) is 22.9 Å². The maximum atomic E-state index is 13.8. The first-order valence-corrected chi connectivity index (χ1v) is 11.7. The fourth-order valence-corrected chi connectivity index (χ4v) is 4.74. The molecular weight excluding hydrogens is 488 g/mol. The van der Waals surface area contributed by atoms with Crippen LogP contribution in [0.3, 0.4) is 0 Å². The zero-order valence-electron chi connectivity index (χ0n) is 20.4. The molecule has 2 heterocycles. The van der Waals surface area contributed by atoms with Crippen LogP contribution < -0.4 is 10.5 Å². The minimum Gasteiger partial charge on any atom is -0.507 e. The quantitative estimate of drug-likeness (QED) is 0.142. The van der Waals surface area contributed by atoms with Crippen molar-refractivity contribution in [3.05, 3.63) is 128 Å². The summed E-state index contributed by atoms with van der Waals surface area (Å²) in [5.74, 6) is -2.37. The number of hydrogen-bond acceptors (Lipinski definition) is 6. The summed E-state index contributed by atoms with van der Waals surface area (Å²) in [5, 5.41) is 22.4. The third kappa shape index (κ3) is 3.79. The van der Waals surface area contributed by atoms with Gasteiger partial charge in [-0.15, -0.1) is 0 Å². The Morgan fingerprint density at radius 1 is 0.895 bits per heavy atom. The number of nitro groups is 1. The third-order valence-electron chi connectivity index (χ3n) is 6.68. The first-order valence-electron chi connectivity index (χ1n) is 11.7. The van der Waals surface area contributed by atoms with Crippen molar-refractivity contribution in [1.29, 1.82) is 0 Å². The summed E-state index contributed by atoms with van der Waals surface area (Å²) in [4.78, 5) is 52.5. The van der Waals surface area contributed by atoms with E-state index >= 15 is 0 Å². The Balaban J connectivity index is 1.78. The van der Waals surface area contributed by atoms with Crippen LogP contribution in [-0.4, -0.2) is 31.1 Å². The molecule has 190 valence electrons. The number of aromatic nitrogens is 2. The Kier molecular flexibility index (Phi) is 6.00. The van der Waals surface area contributed by atoms with Crippen LogP contribution in [0.15, 0.2) is 95.3 Å². The normalized spacial score (nSPS) is 16.7. The minimum absolute atomic E-state index is 0.0334. The monoisotopic (exact) mass is 510 g/mol. The maximum absolute atomic E-state index is 13.8. The van der Waals surface area contributed by atoms with E-state index in [1.165, 1.54) is 28.9 Å². The van der Waals surface area contributed by atoms with E-state index in [4.69, 9.17) is 0 Å². The summed E-state index contributed by atoms with van der Waals surface area (Å²) >= 11 is 0. The van der Waals surface area contributed by atoms with Gasteiger partial charge < -0.3 is 5.11 Å². The summed E-state index contributed by atoms with van der Waals surface area (Å²) in [6.45, 7) is 1.65. The SMILES string of the molecule is Cc1c(N2C(=O)C(=O)C(=C(O)c3ccccc3)[C@H]2c2ccc([N+](=O)[O-])cc2)c(=O)n(-c2ccccc2)n1C. The van der Waals surface area contributed by atoms with E-state index in [9.17, 15) is 29.6 Å². The first-order chi connectivity index (χ1) is 18.2. The van der Waals surface area contributed by atoms with Crippen molar-refractivity contribution in [3.63, 3.8) is 0 Å². The first kappa shape index (κ1) is 24.4. The molecule has 0 radical (unpaired) electrons. The number of amides is 1. The Morgan fingerprint density at radius 3 is 2.05 bits per heavy atom. The number of Topliss-reactive ketones (excluding diaryl/α,β-unsaturated/α-hetero) is 1. The largest absolute Gasteiger partial charge is 0.507 e. The molecule has 1 atom stereocenters. The van der Waals surface area contributed by atoms with Crippen molar-refractivity contribution in [3.8, 4) is 5.69 Å². The third-order valence-corrected chi connectivity index (χ3v) is 6.68. The fraction of sp³-hybridized carbons (Fsp3) is 0.107. The second-order valence-corrected chi connectivity index (χ2v) is 8.79. The summed E-state index contributed by atoms with van der Waals surface area (Å²) in [6.07, 6.45) is 0. The van der Waals surface area contributed by atoms with Crippen molar-refractivity contribution in [2.75, 3.05) is 4.90 Å². The van der Waals surface area contributed by atoms with Crippen LogP contribution in [0.1, 0.15) is 22.9 Å². The average Bonchev–Trinajstić information content (AvgIpc) is 3.31. The number of carbonyl (C=O) groups excluding carboxylic acids is 2. The molecule has 4 aromatic rings. The summed E-state index contributed by atoms with van der Waals surface area (Å²) in [7, 11) is 1.66. The zero-order chi connectivity index (χ0) is 27.1. The van der Waals surface area contributed by atoms with Crippen molar-refractivity contribution in [2.24, 2.45) is 7.05 Å². The second kappa shape index (κ2) is 9.32. The Bertz CT molecular complexity index is 1670. The number of anilines is 1. The second-order valence-electron chi connectivity index (χ2n) is 8.79. The number of ketones is 1. The number of nitro benzene ring substituents is 1. The number of benzene rings is 3. The van der Waals surface area contributed by atoms with Crippen LogP contribution in [-0.2, 0) is 16.6 Å². The smallest absolute Gasteiger partial charge is 0.300 e. The molecule has 1 aliphatic rings. The van der Waals surface area contributed by atoms with Gasteiger partial charge in [-0.3, -0.25) is 34.1 Å². The highest BCUT2D eigenvalue weighted by molar-refractivity contribution is 6.51. The van der Waals surface area contributed by atoms with E-state index in [0.717, 1.165) is 4.90 Å². The van der Waals surface area contributed by atoms with Crippen LogP contribution in [0.2, 0.25) is 0 Å². The number of aliphatic hydroxyl groups is 1. The zero-order valence-corrected chi connectivity index (χ0v) is 20.4. The highest BCUT2D eigenvalue weighted by Gasteiger charge is 2.49. The lowest BCUT2D eigenvalue weighted by molar-refractivity contribution is -0.384. The lowest BCUT2D eigenvalue weighted by Crippen LogP contribution is -2.34. The summed E-state index contributed by atoms with van der Waals surface area (Å²) in [6, 6.07) is 21.2. The molecule has 0 spiro atoms. The van der Waals surface area contributed by atoms with Gasteiger partial charge in [0.05, 0.1) is 27.9 Å². The predicted molar refractivity (Wildman–Crippen MR) is 140 cm³/mol. The fourth-order valence-electron chi connectivity index (χ4n) is 4.74. The summed E-state index contributed by atoms with van der Waals surface area (Å²) in [5.41, 5.74) is 0.623. The molecule has 10 nitrogen and oxygen atoms in total. The van der Waals surface area contributed by atoms with Crippen LogP contribution in [0, 0.1) is 17.0 Å². The molecule has 38 heavy (non-hydrogen) atoms. The number of rotatable bonds is 5. The van der Waals surface area contributed by atoms with E-state index in [1.54, 1.807) is 73.3 Å². The predicted octanol–water partition coefficient (Wildman–Crippen LogP) is 4.02. The highest BCUT2D eigenvalue weighted by Crippen LogP contribution is 2.42. The number of para-hydroxylation sites is 1. The lowest BCUT2D eigenvalue weighted by Gasteiger charge is -2.24. The van der Waals surface area contributed by atoms with E-state index in [-0.39, 0.29) is 16.9 Å². The molecule has 0 saturated carbocycles. The van der Waals surface area contributed by atoms with Crippen LogP contribution in [0.4, 0.5) is 11.4 Å². The molecule has 10 heteroatoms. The van der Waals surface area contributed by atoms with Gasteiger partial charge in [0, 0.05) is 24.7 Å². The van der Waals surface area contributed by atoms with E-state index in [1.807, 2.05) is 6.07 Å². The summed E-state index contributed by atoms with van der Waals surface area (Å²) < 4.78 is 2.96. The molecule has 5 rings (SSSR count).